The van der Waals surface area contributed by atoms with Crippen LogP contribution in [-0.2, 0) is 6.42 Å². The summed E-state index contributed by atoms with van der Waals surface area (Å²) in [6.07, 6.45) is 2.04. The molecule has 0 spiro atoms. The number of carbonyl (C=O) groups is 1. The molecule has 0 bridgehead atoms. The van der Waals surface area contributed by atoms with Gasteiger partial charge in [0.05, 0.1) is 10.6 Å². The van der Waals surface area contributed by atoms with E-state index < -0.39 is 0 Å². The van der Waals surface area contributed by atoms with Gasteiger partial charge in [-0.15, -0.1) is 0 Å². The third kappa shape index (κ3) is 4.83. The van der Waals surface area contributed by atoms with Gasteiger partial charge in [-0.25, -0.2) is 0 Å². The quantitative estimate of drug-likeness (QED) is 0.606. The number of hydrogen-bond donors (Lipinski definition) is 1. The summed E-state index contributed by atoms with van der Waals surface area (Å²) in [6, 6.07) is 13.1. The van der Waals surface area contributed by atoms with Gasteiger partial charge in [0.1, 0.15) is 0 Å². The van der Waals surface area contributed by atoms with E-state index in [2.05, 4.69) is 43.2 Å². The molecule has 0 aromatic heterocycles. The van der Waals surface area contributed by atoms with E-state index in [-0.39, 0.29) is 5.91 Å². The third-order valence-corrected chi connectivity index (χ3v) is 4.34. The van der Waals surface area contributed by atoms with Crippen LogP contribution < -0.4 is 5.32 Å². The summed E-state index contributed by atoms with van der Waals surface area (Å²) >= 11 is 12.8. The highest BCUT2D eigenvalue weighted by molar-refractivity contribution is 9.10. The number of benzene rings is 2. The van der Waals surface area contributed by atoms with E-state index in [0.717, 1.165) is 28.3 Å². The Kier molecular flexibility index (Phi) is 6.27. The molecule has 0 saturated heterocycles. The number of rotatable bonds is 5. The Morgan fingerprint density at radius 1 is 1.19 bits per heavy atom. The van der Waals surface area contributed by atoms with Gasteiger partial charge in [0.2, 0.25) is 0 Å². The summed E-state index contributed by atoms with van der Waals surface area (Å²) < 4.78 is 0.822. The first kappa shape index (κ1) is 16.5. The molecule has 0 aliphatic rings. The lowest BCUT2D eigenvalue weighted by atomic mass is 10.1. The van der Waals surface area contributed by atoms with E-state index in [1.165, 1.54) is 5.56 Å². The number of alkyl halides is 1. The van der Waals surface area contributed by atoms with Gasteiger partial charge in [-0.05, 0) is 48.7 Å². The molecule has 0 fully saturated rings. The predicted octanol–water partition coefficient (Wildman–Crippen LogP) is 5.68. The van der Waals surface area contributed by atoms with Crippen LogP contribution in [-0.4, -0.2) is 11.2 Å². The van der Waals surface area contributed by atoms with Gasteiger partial charge in [-0.2, -0.15) is 0 Å². The Morgan fingerprint density at radius 3 is 2.76 bits per heavy atom. The van der Waals surface area contributed by atoms with Crippen LogP contribution in [0.15, 0.2) is 46.9 Å². The summed E-state index contributed by atoms with van der Waals surface area (Å²) in [7, 11) is 0. The van der Waals surface area contributed by atoms with Crippen molar-refractivity contribution in [3.8, 4) is 0 Å². The molecule has 0 radical (unpaired) electrons. The molecule has 21 heavy (non-hydrogen) atoms. The highest BCUT2D eigenvalue weighted by atomic mass is 79.9. The van der Waals surface area contributed by atoms with Crippen molar-refractivity contribution in [2.75, 3.05) is 10.6 Å². The molecule has 2 rings (SSSR count). The minimum Gasteiger partial charge on any atom is -0.322 e. The van der Waals surface area contributed by atoms with E-state index in [9.17, 15) is 4.79 Å². The summed E-state index contributed by atoms with van der Waals surface area (Å²) in [4.78, 5) is 12.3. The molecular weight excluding hydrogens is 417 g/mol. The molecule has 0 aliphatic carbocycles. The second-order valence-electron chi connectivity index (χ2n) is 4.57. The maximum Gasteiger partial charge on any atom is 0.257 e. The van der Waals surface area contributed by atoms with Crippen LogP contribution in [0.3, 0.4) is 0 Å². The second kappa shape index (κ2) is 7.97. The molecule has 1 amide bonds. The van der Waals surface area contributed by atoms with Crippen molar-refractivity contribution in [2.24, 2.45) is 0 Å². The van der Waals surface area contributed by atoms with E-state index >= 15 is 0 Å². The predicted molar refractivity (Wildman–Crippen MR) is 95.7 cm³/mol. The fourth-order valence-electron chi connectivity index (χ4n) is 1.95. The summed E-state index contributed by atoms with van der Waals surface area (Å²) in [5.41, 5.74) is 2.44. The Hall–Kier alpha value is -0.840. The van der Waals surface area contributed by atoms with E-state index in [4.69, 9.17) is 11.6 Å². The lowest BCUT2D eigenvalue weighted by molar-refractivity contribution is 0.102. The zero-order valence-electron chi connectivity index (χ0n) is 11.2. The topological polar surface area (TPSA) is 29.1 Å². The van der Waals surface area contributed by atoms with Crippen molar-refractivity contribution in [3.05, 3.63) is 63.1 Å². The van der Waals surface area contributed by atoms with Crippen molar-refractivity contribution in [2.45, 2.75) is 12.8 Å². The second-order valence-corrected chi connectivity index (χ2v) is 6.69. The molecule has 2 nitrogen and oxygen atoms in total. The van der Waals surface area contributed by atoms with Crippen LogP contribution in [0.2, 0.25) is 5.02 Å². The van der Waals surface area contributed by atoms with Crippen molar-refractivity contribution in [3.63, 3.8) is 0 Å². The first-order valence-corrected chi connectivity index (χ1v) is 8.80. The average Bonchev–Trinajstić information content (AvgIpc) is 2.48. The van der Waals surface area contributed by atoms with Crippen molar-refractivity contribution in [1.29, 1.82) is 0 Å². The van der Waals surface area contributed by atoms with Gasteiger partial charge < -0.3 is 5.32 Å². The van der Waals surface area contributed by atoms with E-state index in [0.29, 0.717) is 10.6 Å². The van der Waals surface area contributed by atoms with Gasteiger partial charge in [-0.3, -0.25) is 4.79 Å². The number of aryl methyl sites for hydroxylation is 1. The Labute approximate surface area is 146 Å². The lowest BCUT2D eigenvalue weighted by Gasteiger charge is -2.09. The molecule has 0 atom stereocenters. The number of carbonyl (C=O) groups excluding carboxylic acids is 1. The van der Waals surface area contributed by atoms with Gasteiger partial charge >= 0.3 is 0 Å². The van der Waals surface area contributed by atoms with Crippen LogP contribution in [0.5, 0.6) is 0 Å². The SMILES string of the molecule is O=C(Nc1cccc(CCCBr)c1)c1cc(Br)ccc1Cl. The summed E-state index contributed by atoms with van der Waals surface area (Å²) in [5.74, 6) is -0.209. The van der Waals surface area contributed by atoms with Crippen LogP contribution >= 0.6 is 43.5 Å². The molecule has 0 saturated carbocycles. The highest BCUT2D eigenvalue weighted by Crippen LogP contribution is 2.22. The molecule has 0 unspecified atom stereocenters. The van der Waals surface area contributed by atoms with Gasteiger partial charge in [0.25, 0.3) is 5.91 Å². The molecule has 1 N–H and O–H groups in total. The Morgan fingerprint density at radius 2 is 2.00 bits per heavy atom. The summed E-state index contributed by atoms with van der Waals surface area (Å²) in [5, 5.41) is 4.29. The van der Waals surface area contributed by atoms with Crippen LogP contribution in [0.4, 0.5) is 5.69 Å². The van der Waals surface area contributed by atoms with Crippen molar-refractivity contribution >= 4 is 55.1 Å². The number of halogens is 3. The first-order chi connectivity index (χ1) is 10.1. The van der Waals surface area contributed by atoms with Crippen LogP contribution in [0.25, 0.3) is 0 Å². The standard InChI is InChI=1S/C16H14Br2ClNO/c17-8-2-4-11-3-1-5-13(9-11)20-16(21)14-10-12(18)6-7-15(14)19/h1,3,5-7,9-10H,2,4,8H2,(H,20,21). The smallest absolute Gasteiger partial charge is 0.257 e. The Bertz CT molecular complexity index is 646. The van der Waals surface area contributed by atoms with Gasteiger partial charge in [0.15, 0.2) is 0 Å². The molecule has 5 heteroatoms. The molecule has 0 heterocycles. The number of hydrogen-bond acceptors (Lipinski definition) is 1. The Balaban J connectivity index is 2.14. The largest absolute Gasteiger partial charge is 0.322 e. The first-order valence-electron chi connectivity index (χ1n) is 6.51. The number of anilines is 1. The molecule has 0 aliphatic heterocycles. The van der Waals surface area contributed by atoms with E-state index in [1.807, 2.05) is 18.2 Å². The van der Waals surface area contributed by atoms with Gasteiger partial charge in [-0.1, -0.05) is 55.6 Å². The van der Waals surface area contributed by atoms with Crippen LogP contribution in [0, 0.1) is 0 Å². The average molecular weight is 432 g/mol. The van der Waals surface area contributed by atoms with Gasteiger partial charge in [0, 0.05) is 15.5 Å². The zero-order valence-corrected chi connectivity index (χ0v) is 15.1. The molecule has 110 valence electrons. The van der Waals surface area contributed by atoms with Crippen LogP contribution in [0.1, 0.15) is 22.3 Å². The van der Waals surface area contributed by atoms with Crippen molar-refractivity contribution in [1.82, 2.24) is 0 Å². The van der Waals surface area contributed by atoms with Crippen molar-refractivity contribution < 1.29 is 4.79 Å². The lowest BCUT2D eigenvalue weighted by Crippen LogP contribution is -2.12. The van der Waals surface area contributed by atoms with E-state index in [1.54, 1.807) is 18.2 Å². The summed E-state index contributed by atoms with van der Waals surface area (Å²) in [6.45, 7) is 0. The minimum absolute atomic E-state index is 0.209. The molecular formula is C16H14Br2ClNO. The normalized spacial score (nSPS) is 10.4. The fourth-order valence-corrected chi connectivity index (χ4v) is 2.79. The molecule has 2 aromatic carbocycles. The number of nitrogens with one attached hydrogen (secondary N) is 1. The number of amides is 1. The third-order valence-electron chi connectivity index (χ3n) is 2.96. The maximum atomic E-state index is 12.3. The monoisotopic (exact) mass is 429 g/mol. The fraction of sp³-hybridized carbons (Fsp3) is 0.188. The minimum atomic E-state index is -0.209. The maximum absolute atomic E-state index is 12.3. The highest BCUT2D eigenvalue weighted by Gasteiger charge is 2.11. The zero-order chi connectivity index (χ0) is 15.2. The molecule has 2 aromatic rings.